The molecule has 0 saturated heterocycles. The zero-order chi connectivity index (χ0) is 25.7. The number of fused-ring (bicyclic) bond motifs is 1. The summed E-state index contributed by atoms with van der Waals surface area (Å²) in [5, 5.41) is 8.87. The van der Waals surface area contributed by atoms with Gasteiger partial charge in [0.2, 0.25) is 0 Å². The number of hydrogen-bond donors (Lipinski definition) is 0. The molecule has 4 rings (SSSR count). The number of nitrogens with zero attached hydrogens (tertiary/aromatic N) is 2. The molecule has 0 unspecified atom stereocenters. The molecule has 0 aliphatic carbocycles. The monoisotopic (exact) mass is 504 g/mol. The number of sulfonamides is 1. The van der Waals surface area contributed by atoms with E-state index >= 15 is 0 Å². The Morgan fingerprint density at radius 1 is 1.08 bits per heavy atom. The second kappa shape index (κ2) is 10.5. The molecule has 0 saturated carbocycles. The van der Waals surface area contributed by atoms with E-state index in [0.29, 0.717) is 29.8 Å². The number of carbonyl (C=O) groups excluding carboxylic acids is 1. The van der Waals surface area contributed by atoms with Crippen LogP contribution in [0.4, 0.5) is 5.69 Å². The van der Waals surface area contributed by atoms with Crippen LogP contribution >= 0.6 is 0 Å². The van der Waals surface area contributed by atoms with E-state index in [-0.39, 0.29) is 23.0 Å². The molecule has 1 heterocycles. The smallest absolute Gasteiger partial charge is 0.331 e. The lowest BCUT2D eigenvalue weighted by molar-refractivity contribution is -0.138. The molecule has 3 aromatic rings. The highest BCUT2D eigenvalue weighted by Gasteiger charge is 2.34. The van der Waals surface area contributed by atoms with Gasteiger partial charge in [-0.1, -0.05) is 30.3 Å². The first-order valence-corrected chi connectivity index (χ1v) is 12.5. The van der Waals surface area contributed by atoms with Crippen molar-refractivity contribution in [3.05, 3.63) is 89.0 Å². The Balaban J connectivity index is 1.59. The number of hydrogen-bond acceptors (Lipinski definition) is 7. The normalized spacial score (nSPS) is 12.8. The Morgan fingerprint density at radius 3 is 2.53 bits per heavy atom. The second-order valence-corrected chi connectivity index (χ2v) is 9.79. The van der Waals surface area contributed by atoms with Gasteiger partial charge in [-0.05, 0) is 59.5 Å². The van der Waals surface area contributed by atoms with Crippen LogP contribution in [0.25, 0.3) is 6.08 Å². The van der Waals surface area contributed by atoms with Crippen molar-refractivity contribution in [1.82, 2.24) is 0 Å². The van der Waals surface area contributed by atoms with Gasteiger partial charge in [-0.3, -0.25) is 4.31 Å². The lowest BCUT2D eigenvalue weighted by Crippen LogP contribution is -2.29. The number of anilines is 1. The van der Waals surface area contributed by atoms with Crippen molar-refractivity contribution in [3.8, 4) is 17.6 Å². The predicted octanol–water partition coefficient (Wildman–Crippen LogP) is 4.08. The summed E-state index contributed by atoms with van der Waals surface area (Å²) in [5.41, 5.74) is 3.26. The topological polar surface area (TPSA) is 106 Å². The minimum atomic E-state index is -3.99. The maximum Gasteiger partial charge on any atom is 0.331 e. The van der Waals surface area contributed by atoms with Crippen molar-refractivity contribution in [2.75, 3.05) is 25.1 Å². The van der Waals surface area contributed by atoms with E-state index in [1.807, 2.05) is 18.2 Å². The lowest BCUT2D eigenvalue weighted by atomic mass is 10.1. The molecule has 0 amide bonds. The minimum Gasteiger partial charge on any atom is -0.493 e. The SMILES string of the molecule is COc1cc(C=CC(=O)OCc2ccc(C#N)cc2)cc(S(=O)(=O)N2CCc3ccccc32)c1OC. The van der Waals surface area contributed by atoms with Crippen molar-refractivity contribution < 1.29 is 27.4 Å². The van der Waals surface area contributed by atoms with Gasteiger partial charge in [0.25, 0.3) is 10.0 Å². The van der Waals surface area contributed by atoms with E-state index in [9.17, 15) is 13.2 Å². The average Bonchev–Trinajstić information content (AvgIpc) is 3.35. The summed E-state index contributed by atoms with van der Waals surface area (Å²) < 4.78 is 44.8. The molecule has 184 valence electrons. The van der Waals surface area contributed by atoms with Crippen molar-refractivity contribution >= 4 is 27.8 Å². The van der Waals surface area contributed by atoms with Crippen molar-refractivity contribution in [2.24, 2.45) is 0 Å². The van der Waals surface area contributed by atoms with E-state index in [2.05, 4.69) is 0 Å². The Labute approximate surface area is 210 Å². The average molecular weight is 505 g/mol. The fourth-order valence-corrected chi connectivity index (χ4v) is 5.67. The van der Waals surface area contributed by atoms with Crippen LogP contribution in [0.1, 0.15) is 22.3 Å². The highest BCUT2D eigenvalue weighted by atomic mass is 32.2. The Bertz CT molecular complexity index is 1460. The molecule has 36 heavy (non-hydrogen) atoms. The summed E-state index contributed by atoms with van der Waals surface area (Å²) >= 11 is 0. The van der Waals surface area contributed by atoms with E-state index in [1.165, 1.54) is 36.7 Å². The van der Waals surface area contributed by atoms with Gasteiger partial charge in [0, 0.05) is 12.6 Å². The molecule has 1 aliphatic rings. The fourth-order valence-electron chi connectivity index (χ4n) is 3.96. The third-order valence-corrected chi connectivity index (χ3v) is 7.57. The third kappa shape index (κ3) is 5.04. The number of methoxy groups -OCH3 is 2. The van der Waals surface area contributed by atoms with Crippen LogP contribution in [0.15, 0.2) is 71.6 Å². The van der Waals surface area contributed by atoms with Crippen molar-refractivity contribution in [3.63, 3.8) is 0 Å². The fraction of sp³-hybridized carbons (Fsp3) is 0.185. The van der Waals surface area contributed by atoms with Gasteiger partial charge in [0.1, 0.15) is 11.5 Å². The van der Waals surface area contributed by atoms with Crippen LogP contribution in [0.5, 0.6) is 11.5 Å². The first kappa shape index (κ1) is 24.8. The number of nitriles is 1. The molecular weight excluding hydrogens is 480 g/mol. The minimum absolute atomic E-state index is 0.0365. The Kier molecular flexibility index (Phi) is 7.27. The largest absolute Gasteiger partial charge is 0.493 e. The van der Waals surface area contributed by atoms with Gasteiger partial charge >= 0.3 is 5.97 Å². The summed E-state index contributed by atoms with van der Waals surface area (Å²) in [5.74, 6) is -0.300. The molecule has 0 aromatic heterocycles. The first-order chi connectivity index (χ1) is 17.4. The number of para-hydroxylation sites is 1. The van der Waals surface area contributed by atoms with Gasteiger partial charge in [-0.25, -0.2) is 13.2 Å². The molecular formula is C27H24N2O6S. The second-order valence-electron chi connectivity index (χ2n) is 7.96. The molecule has 9 heteroatoms. The Hall–Kier alpha value is -4.29. The van der Waals surface area contributed by atoms with E-state index in [1.54, 1.807) is 42.5 Å². The molecule has 0 radical (unpaired) electrons. The van der Waals surface area contributed by atoms with Gasteiger partial charge in [-0.15, -0.1) is 0 Å². The highest BCUT2D eigenvalue weighted by Crippen LogP contribution is 2.40. The van der Waals surface area contributed by atoms with Gasteiger partial charge in [0.05, 0.1) is 31.5 Å². The molecule has 0 atom stereocenters. The predicted molar refractivity (Wildman–Crippen MR) is 134 cm³/mol. The molecule has 0 fully saturated rings. The maximum absolute atomic E-state index is 13.7. The molecule has 0 N–H and O–H groups in total. The zero-order valence-electron chi connectivity index (χ0n) is 19.8. The number of esters is 1. The van der Waals surface area contributed by atoms with Crippen LogP contribution in [-0.2, 0) is 32.6 Å². The van der Waals surface area contributed by atoms with Crippen molar-refractivity contribution in [1.29, 1.82) is 5.26 Å². The number of carbonyl (C=O) groups is 1. The summed E-state index contributed by atoms with van der Waals surface area (Å²) in [6.45, 7) is 0.351. The molecule has 1 aliphatic heterocycles. The van der Waals surface area contributed by atoms with Crippen molar-refractivity contribution in [2.45, 2.75) is 17.9 Å². The number of rotatable bonds is 8. The van der Waals surface area contributed by atoms with Gasteiger partial charge in [-0.2, -0.15) is 5.26 Å². The zero-order valence-corrected chi connectivity index (χ0v) is 20.6. The van der Waals surface area contributed by atoms with Crippen LogP contribution < -0.4 is 13.8 Å². The summed E-state index contributed by atoms with van der Waals surface area (Å²) in [7, 11) is -1.19. The number of benzene rings is 3. The number of ether oxygens (including phenoxy) is 3. The van der Waals surface area contributed by atoms with E-state index in [4.69, 9.17) is 19.5 Å². The summed E-state index contributed by atoms with van der Waals surface area (Å²) in [6.07, 6.45) is 3.28. The molecule has 0 bridgehead atoms. The maximum atomic E-state index is 13.7. The third-order valence-electron chi connectivity index (χ3n) is 5.76. The van der Waals surface area contributed by atoms with E-state index in [0.717, 1.165) is 11.1 Å². The van der Waals surface area contributed by atoms with Crippen LogP contribution in [0.3, 0.4) is 0 Å². The van der Waals surface area contributed by atoms with Crippen LogP contribution in [0.2, 0.25) is 0 Å². The first-order valence-electron chi connectivity index (χ1n) is 11.1. The quantitative estimate of drug-likeness (QED) is 0.336. The van der Waals surface area contributed by atoms with E-state index < -0.39 is 16.0 Å². The Morgan fingerprint density at radius 2 is 1.83 bits per heavy atom. The lowest BCUT2D eigenvalue weighted by Gasteiger charge is -2.22. The molecule has 0 spiro atoms. The molecule has 3 aromatic carbocycles. The summed E-state index contributed by atoms with van der Waals surface area (Å²) in [4.78, 5) is 12.2. The highest BCUT2D eigenvalue weighted by molar-refractivity contribution is 7.93. The van der Waals surface area contributed by atoms with Crippen LogP contribution in [-0.4, -0.2) is 35.2 Å². The van der Waals surface area contributed by atoms with Gasteiger partial charge < -0.3 is 14.2 Å². The van der Waals surface area contributed by atoms with Crippen LogP contribution in [0, 0.1) is 11.3 Å². The standard InChI is InChI=1S/C27H24N2O6S/c1-33-24-15-21(11-12-26(30)35-18-20-9-7-19(17-28)8-10-20)16-25(27(24)34-2)36(31,32)29-14-13-22-5-3-4-6-23(22)29/h3-12,15-16H,13-14,18H2,1-2H3. The summed E-state index contributed by atoms with van der Waals surface area (Å²) in [6, 6.07) is 19.1. The van der Waals surface area contributed by atoms with Gasteiger partial charge in [0.15, 0.2) is 11.5 Å². The molecule has 8 nitrogen and oxygen atoms in total.